The average Bonchev–Trinajstić information content (AvgIpc) is 3.31. The zero-order chi connectivity index (χ0) is 21.1. The lowest BCUT2D eigenvalue weighted by Crippen LogP contribution is -2.44. The molecule has 0 saturated carbocycles. The third-order valence-corrected chi connectivity index (χ3v) is 5.95. The van der Waals surface area contributed by atoms with Crippen LogP contribution < -0.4 is 10.6 Å². The normalized spacial score (nSPS) is 19.8. The van der Waals surface area contributed by atoms with Gasteiger partial charge in [0.25, 0.3) is 5.91 Å². The molecule has 1 fully saturated rings. The third-order valence-electron chi connectivity index (χ3n) is 4.87. The molecule has 30 heavy (non-hydrogen) atoms. The lowest BCUT2D eigenvalue weighted by atomic mass is 10.0. The van der Waals surface area contributed by atoms with Crippen molar-refractivity contribution in [1.82, 2.24) is 15.5 Å². The fourth-order valence-electron chi connectivity index (χ4n) is 3.28. The molecular formula is C23H21N3O3S. The van der Waals surface area contributed by atoms with Gasteiger partial charge in [-0.2, -0.15) is 0 Å². The maximum absolute atomic E-state index is 12.6. The van der Waals surface area contributed by atoms with Gasteiger partial charge in [-0.3, -0.25) is 9.59 Å². The molecule has 152 valence electrons. The number of carbonyl (C=O) groups is 3. The number of hydrogen-bond acceptors (Lipinski definition) is 4. The van der Waals surface area contributed by atoms with E-state index in [4.69, 9.17) is 0 Å². The van der Waals surface area contributed by atoms with E-state index in [1.807, 2.05) is 67.6 Å². The fourth-order valence-corrected chi connectivity index (χ4v) is 4.23. The topological polar surface area (TPSA) is 78.5 Å². The summed E-state index contributed by atoms with van der Waals surface area (Å²) in [5.41, 5.74) is 2.41. The molecule has 1 unspecified atom stereocenters. The number of benzene rings is 1. The van der Waals surface area contributed by atoms with Crippen molar-refractivity contribution < 1.29 is 14.4 Å². The van der Waals surface area contributed by atoms with Crippen molar-refractivity contribution in [2.45, 2.75) is 19.4 Å². The third kappa shape index (κ3) is 4.41. The summed E-state index contributed by atoms with van der Waals surface area (Å²) in [6.45, 7) is 1.68. The highest BCUT2D eigenvalue weighted by Crippen LogP contribution is 2.29. The van der Waals surface area contributed by atoms with E-state index in [0.29, 0.717) is 6.42 Å². The summed E-state index contributed by atoms with van der Waals surface area (Å²) < 4.78 is 0. The van der Waals surface area contributed by atoms with Crippen molar-refractivity contribution in [3.8, 4) is 10.4 Å². The Labute approximate surface area is 178 Å². The molecule has 1 aliphatic heterocycles. The molecule has 4 amide bonds. The average molecular weight is 420 g/mol. The van der Waals surface area contributed by atoms with E-state index in [1.54, 1.807) is 6.08 Å². The molecule has 2 N–H and O–H groups in total. The van der Waals surface area contributed by atoms with Crippen LogP contribution in [0.2, 0.25) is 0 Å². The molecule has 2 aromatic rings. The Hall–Kier alpha value is -3.45. The van der Waals surface area contributed by atoms with Crippen LogP contribution in [0.1, 0.15) is 18.2 Å². The van der Waals surface area contributed by atoms with Crippen LogP contribution >= 0.6 is 11.3 Å². The molecule has 1 aliphatic carbocycles. The van der Waals surface area contributed by atoms with E-state index < -0.39 is 11.9 Å². The number of amides is 4. The predicted octanol–water partition coefficient (Wildman–Crippen LogP) is 3.70. The van der Waals surface area contributed by atoms with E-state index in [2.05, 4.69) is 10.6 Å². The van der Waals surface area contributed by atoms with Gasteiger partial charge in [-0.1, -0.05) is 54.1 Å². The summed E-state index contributed by atoms with van der Waals surface area (Å²) in [5, 5.41) is 5.40. The fraction of sp³-hybridized carbons (Fsp3) is 0.174. The summed E-state index contributed by atoms with van der Waals surface area (Å²) in [7, 11) is 0. The molecule has 1 aromatic carbocycles. The lowest BCUT2D eigenvalue weighted by molar-refractivity contribution is -0.129. The Kier molecular flexibility index (Phi) is 5.63. The van der Waals surface area contributed by atoms with Crippen LogP contribution in [0.4, 0.5) is 4.79 Å². The van der Waals surface area contributed by atoms with Crippen LogP contribution in [-0.4, -0.2) is 35.3 Å². The minimum absolute atomic E-state index is 0.125. The molecule has 0 spiro atoms. The van der Waals surface area contributed by atoms with E-state index in [0.717, 1.165) is 25.8 Å². The highest BCUT2D eigenvalue weighted by Gasteiger charge is 2.35. The highest BCUT2D eigenvalue weighted by atomic mass is 32.1. The molecule has 1 aromatic heterocycles. The monoisotopic (exact) mass is 419 g/mol. The number of rotatable bonds is 5. The maximum atomic E-state index is 12.6. The molecule has 0 bridgehead atoms. The first-order valence-corrected chi connectivity index (χ1v) is 10.5. The number of carbonyl (C=O) groups excluding carboxylic acids is 3. The zero-order valence-corrected chi connectivity index (χ0v) is 17.2. The summed E-state index contributed by atoms with van der Waals surface area (Å²) in [5.74, 6) is -0.871. The van der Waals surface area contributed by atoms with Crippen molar-refractivity contribution in [1.29, 1.82) is 0 Å². The van der Waals surface area contributed by atoms with E-state index in [1.165, 1.54) is 11.3 Å². The van der Waals surface area contributed by atoms with Crippen molar-refractivity contribution >= 4 is 35.3 Å². The summed E-state index contributed by atoms with van der Waals surface area (Å²) in [6.07, 6.45) is 8.22. The van der Waals surface area contributed by atoms with Gasteiger partial charge in [0, 0.05) is 9.75 Å². The standard InChI is InChI=1S/C23H21N3O3S/c1-15-7-9-17(10-8-15)24-21(27)14-26-22(28)19(25-23(26)29)13-18-11-12-20(30-18)16-5-3-2-4-6-16/h2-9,11-13,17H,10,14H2,1H3,(H,24,27)(H,25,29)/b19-13-. The second-order valence-electron chi connectivity index (χ2n) is 7.16. The van der Waals surface area contributed by atoms with Crippen LogP contribution in [0.5, 0.6) is 0 Å². The smallest absolute Gasteiger partial charge is 0.329 e. The second kappa shape index (κ2) is 8.51. The quantitative estimate of drug-likeness (QED) is 0.573. The largest absolute Gasteiger partial charge is 0.348 e. The van der Waals surface area contributed by atoms with Gasteiger partial charge in [0.15, 0.2) is 0 Å². The Morgan fingerprint density at radius 1 is 1.23 bits per heavy atom. The minimum Gasteiger partial charge on any atom is -0.348 e. The first kappa shape index (κ1) is 19.8. The van der Waals surface area contributed by atoms with Gasteiger partial charge in [-0.25, -0.2) is 9.69 Å². The van der Waals surface area contributed by atoms with Gasteiger partial charge in [0.05, 0.1) is 6.04 Å². The van der Waals surface area contributed by atoms with Crippen LogP contribution in [0.15, 0.2) is 72.0 Å². The summed E-state index contributed by atoms with van der Waals surface area (Å²) >= 11 is 1.52. The number of imide groups is 1. The van der Waals surface area contributed by atoms with Crippen molar-refractivity contribution in [2.24, 2.45) is 0 Å². The minimum atomic E-state index is -0.587. The first-order valence-electron chi connectivity index (χ1n) is 9.64. The second-order valence-corrected chi connectivity index (χ2v) is 8.28. The molecule has 1 atom stereocenters. The van der Waals surface area contributed by atoms with Gasteiger partial charge >= 0.3 is 6.03 Å². The summed E-state index contributed by atoms with van der Waals surface area (Å²) in [4.78, 5) is 40.0. The Bertz CT molecular complexity index is 1080. The van der Waals surface area contributed by atoms with Crippen LogP contribution in [0.25, 0.3) is 16.5 Å². The number of hydrogen-bond donors (Lipinski definition) is 2. The number of allylic oxidation sites excluding steroid dienone is 2. The lowest BCUT2D eigenvalue weighted by Gasteiger charge is -2.18. The Balaban J connectivity index is 1.41. The van der Waals surface area contributed by atoms with Gasteiger partial charge in [-0.15, -0.1) is 11.3 Å². The first-order chi connectivity index (χ1) is 14.5. The molecule has 4 rings (SSSR count). The zero-order valence-electron chi connectivity index (χ0n) is 16.4. The van der Waals surface area contributed by atoms with E-state index in [-0.39, 0.29) is 24.2 Å². The molecule has 7 heteroatoms. The number of nitrogens with zero attached hydrogens (tertiary/aromatic N) is 1. The van der Waals surface area contributed by atoms with Gasteiger partial charge in [0.1, 0.15) is 12.2 Å². The molecule has 0 radical (unpaired) electrons. The molecule has 6 nitrogen and oxygen atoms in total. The molecule has 2 heterocycles. The number of urea groups is 1. The maximum Gasteiger partial charge on any atom is 0.329 e. The Morgan fingerprint density at radius 3 is 2.77 bits per heavy atom. The number of nitrogens with one attached hydrogen (secondary N) is 2. The molecule has 2 aliphatic rings. The van der Waals surface area contributed by atoms with Crippen LogP contribution in [-0.2, 0) is 9.59 Å². The van der Waals surface area contributed by atoms with E-state index in [9.17, 15) is 14.4 Å². The highest BCUT2D eigenvalue weighted by molar-refractivity contribution is 7.16. The predicted molar refractivity (Wildman–Crippen MR) is 117 cm³/mol. The van der Waals surface area contributed by atoms with Crippen molar-refractivity contribution in [3.63, 3.8) is 0 Å². The van der Waals surface area contributed by atoms with Crippen molar-refractivity contribution in [2.75, 3.05) is 6.54 Å². The summed E-state index contributed by atoms with van der Waals surface area (Å²) in [6, 6.07) is 13.1. The molecular weight excluding hydrogens is 398 g/mol. The van der Waals surface area contributed by atoms with Gasteiger partial charge in [0.2, 0.25) is 5.91 Å². The van der Waals surface area contributed by atoms with Crippen LogP contribution in [0, 0.1) is 0 Å². The van der Waals surface area contributed by atoms with Gasteiger partial charge < -0.3 is 10.6 Å². The number of thiophene rings is 1. The van der Waals surface area contributed by atoms with Crippen molar-refractivity contribution in [3.05, 3.63) is 76.8 Å². The van der Waals surface area contributed by atoms with Crippen LogP contribution in [0.3, 0.4) is 0 Å². The Morgan fingerprint density at radius 2 is 2.03 bits per heavy atom. The SMILES string of the molecule is CC1=CCC(NC(=O)CN2C(=O)N/C(=C\c3ccc(-c4ccccc4)s3)C2=O)C=C1. The van der Waals surface area contributed by atoms with Gasteiger partial charge in [-0.05, 0) is 37.1 Å². The molecule has 1 saturated heterocycles. The van der Waals surface area contributed by atoms with E-state index >= 15 is 0 Å².